The molecule has 0 N–H and O–H groups in total. The van der Waals surface area contributed by atoms with Crippen LogP contribution in [0, 0.1) is 0 Å². The number of hydrogen-bond acceptors (Lipinski definition) is 2. The van der Waals surface area contributed by atoms with E-state index in [1.807, 2.05) is 34.3 Å². The van der Waals surface area contributed by atoms with Crippen molar-refractivity contribution in [2.45, 2.75) is 0 Å². The zero-order valence-electron chi connectivity index (χ0n) is 7.18. The normalized spacial score (nSPS) is 11.5. The standard InChI is InChI=1S/C9H8N4/c1-12-8-7(3-2-4-10-8)13-6-5-11-9(12)13/h2-6H,1H3. The molecule has 0 spiro atoms. The Morgan fingerprint density at radius 1 is 1.23 bits per heavy atom. The number of hydrogen-bond donors (Lipinski definition) is 0. The molecule has 0 fully saturated rings. The highest BCUT2D eigenvalue weighted by Crippen LogP contribution is 2.15. The maximum absolute atomic E-state index is 4.29. The number of aromatic nitrogens is 4. The molecule has 4 heteroatoms. The van der Waals surface area contributed by atoms with Crippen molar-refractivity contribution in [1.82, 2.24) is 18.9 Å². The van der Waals surface area contributed by atoms with Crippen molar-refractivity contribution < 1.29 is 0 Å². The van der Waals surface area contributed by atoms with Crippen LogP contribution in [0.5, 0.6) is 0 Å². The van der Waals surface area contributed by atoms with E-state index in [-0.39, 0.29) is 0 Å². The summed E-state index contributed by atoms with van der Waals surface area (Å²) in [5.74, 6) is 0.925. The van der Waals surface area contributed by atoms with Crippen LogP contribution < -0.4 is 0 Å². The third kappa shape index (κ3) is 0.697. The fraction of sp³-hybridized carbons (Fsp3) is 0.111. The Bertz CT molecular complexity index is 575. The van der Waals surface area contributed by atoms with Crippen molar-refractivity contribution in [3.05, 3.63) is 30.7 Å². The van der Waals surface area contributed by atoms with E-state index in [1.54, 1.807) is 12.4 Å². The number of fused-ring (bicyclic) bond motifs is 3. The van der Waals surface area contributed by atoms with Gasteiger partial charge in [0, 0.05) is 25.6 Å². The van der Waals surface area contributed by atoms with Crippen LogP contribution in [0.3, 0.4) is 0 Å². The summed E-state index contributed by atoms with van der Waals surface area (Å²) in [4.78, 5) is 8.53. The average Bonchev–Trinajstić information content (AvgIpc) is 2.72. The second-order valence-electron chi connectivity index (χ2n) is 3.00. The number of imidazole rings is 2. The van der Waals surface area contributed by atoms with Crippen LogP contribution >= 0.6 is 0 Å². The smallest absolute Gasteiger partial charge is 0.215 e. The molecule has 0 radical (unpaired) electrons. The minimum atomic E-state index is 0.925. The topological polar surface area (TPSA) is 35.1 Å². The molecule has 0 aliphatic heterocycles. The minimum absolute atomic E-state index is 0.925. The van der Waals surface area contributed by atoms with Gasteiger partial charge in [0.2, 0.25) is 5.78 Å². The molecule has 0 saturated carbocycles. The SMILES string of the molecule is Cn1c2ncccc2n2ccnc12. The van der Waals surface area contributed by atoms with Gasteiger partial charge in [0.05, 0.1) is 5.52 Å². The first-order valence-electron chi connectivity index (χ1n) is 4.10. The summed E-state index contributed by atoms with van der Waals surface area (Å²) < 4.78 is 4.01. The Kier molecular flexibility index (Phi) is 1.07. The molecule has 0 unspecified atom stereocenters. The van der Waals surface area contributed by atoms with Crippen LogP contribution in [0.15, 0.2) is 30.7 Å². The summed E-state index contributed by atoms with van der Waals surface area (Å²) in [7, 11) is 1.97. The summed E-state index contributed by atoms with van der Waals surface area (Å²) >= 11 is 0. The Morgan fingerprint density at radius 3 is 3.08 bits per heavy atom. The molecule has 0 aromatic carbocycles. The Hall–Kier alpha value is -1.84. The van der Waals surface area contributed by atoms with Crippen LogP contribution in [-0.4, -0.2) is 18.9 Å². The predicted molar refractivity (Wildman–Crippen MR) is 49.5 cm³/mol. The van der Waals surface area contributed by atoms with Gasteiger partial charge in [0.1, 0.15) is 0 Å². The van der Waals surface area contributed by atoms with Crippen LogP contribution in [-0.2, 0) is 7.05 Å². The van der Waals surface area contributed by atoms with Gasteiger partial charge in [0.25, 0.3) is 0 Å². The quantitative estimate of drug-likeness (QED) is 0.511. The molecule has 4 nitrogen and oxygen atoms in total. The van der Waals surface area contributed by atoms with E-state index in [0.29, 0.717) is 0 Å². The molecule has 0 amide bonds. The summed E-state index contributed by atoms with van der Waals surface area (Å²) in [6.07, 6.45) is 5.53. The van der Waals surface area contributed by atoms with E-state index in [1.165, 1.54) is 0 Å². The monoisotopic (exact) mass is 172 g/mol. The molecular weight excluding hydrogens is 164 g/mol. The lowest BCUT2D eigenvalue weighted by atomic mass is 10.4. The third-order valence-corrected chi connectivity index (χ3v) is 2.26. The summed E-state index contributed by atoms with van der Waals surface area (Å²) in [5, 5.41) is 0. The Morgan fingerprint density at radius 2 is 2.15 bits per heavy atom. The van der Waals surface area contributed by atoms with E-state index < -0.39 is 0 Å². The Balaban J connectivity index is 2.72. The lowest BCUT2D eigenvalue weighted by molar-refractivity contribution is 0.953. The van der Waals surface area contributed by atoms with Crippen LogP contribution in [0.2, 0.25) is 0 Å². The largest absolute Gasteiger partial charge is 0.297 e. The first-order chi connectivity index (χ1) is 6.38. The number of nitrogens with zero attached hydrogens (tertiary/aromatic N) is 4. The second kappa shape index (κ2) is 2.10. The first-order valence-corrected chi connectivity index (χ1v) is 4.10. The van der Waals surface area contributed by atoms with Gasteiger partial charge < -0.3 is 0 Å². The molecule has 3 rings (SSSR count). The molecule has 64 valence electrons. The molecule has 3 aromatic heterocycles. The summed E-state index contributed by atoms with van der Waals surface area (Å²) in [5.41, 5.74) is 2.06. The molecule has 0 saturated heterocycles. The van der Waals surface area contributed by atoms with Crippen molar-refractivity contribution in [3.8, 4) is 0 Å². The van der Waals surface area contributed by atoms with Crippen molar-refractivity contribution in [3.63, 3.8) is 0 Å². The van der Waals surface area contributed by atoms with Crippen LogP contribution in [0.25, 0.3) is 16.9 Å². The molecule has 0 bridgehead atoms. The van der Waals surface area contributed by atoms with Gasteiger partial charge in [-0.25, -0.2) is 9.97 Å². The molecular formula is C9H8N4. The van der Waals surface area contributed by atoms with Crippen molar-refractivity contribution in [1.29, 1.82) is 0 Å². The maximum atomic E-state index is 4.29. The van der Waals surface area contributed by atoms with Gasteiger partial charge in [-0.2, -0.15) is 0 Å². The zero-order valence-corrected chi connectivity index (χ0v) is 7.18. The highest BCUT2D eigenvalue weighted by Gasteiger charge is 2.07. The van der Waals surface area contributed by atoms with Gasteiger partial charge >= 0.3 is 0 Å². The summed E-state index contributed by atoms with van der Waals surface area (Å²) in [6, 6.07) is 3.97. The van der Waals surface area contributed by atoms with Crippen molar-refractivity contribution >= 4 is 16.9 Å². The highest BCUT2D eigenvalue weighted by molar-refractivity contribution is 5.76. The molecule has 3 heterocycles. The van der Waals surface area contributed by atoms with Gasteiger partial charge in [-0.05, 0) is 12.1 Å². The number of aryl methyl sites for hydroxylation is 1. The van der Waals surface area contributed by atoms with E-state index in [4.69, 9.17) is 0 Å². The fourth-order valence-electron chi connectivity index (χ4n) is 1.66. The van der Waals surface area contributed by atoms with Gasteiger partial charge in [-0.3, -0.25) is 8.97 Å². The van der Waals surface area contributed by atoms with E-state index in [9.17, 15) is 0 Å². The Labute approximate surface area is 74.5 Å². The van der Waals surface area contributed by atoms with Crippen LogP contribution in [0.1, 0.15) is 0 Å². The number of rotatable bonds is 0. The maximum Gasteiger partial charge on any atom is 0.215 e. The lowest BCUT2D eigenvalue weighted by Crippen LogP contribution is -1.89. The molecule has 0 atom stereocenters. The van der Waals surface area contributed by atoms with E-state index in [0.717, 1.165) is 16.9 Å². The minimum Gasteiger partial charge on any atom is -0.297 e. The highest BCUT2D eigenvalue weighted by atomic mass is 15.2. The predicted octanol–water partition coefficient (Wildman–Crippen LogP) is 1.22. The summed E-state index contributed by atoms with van der Waals surface area (Å²) in [6.45, 7) is 0. The molecule has 13 heavy (non-hydrogen) atoms. The first kappa shape index (κ1) is 6.65. The van der Waals surface area contributed by atoms with Gasteiger partial charge in [0.15, 0.2) is 5.65 Å². The van der Waals surface area contributed by atoms with E-state index in [2.05, 4.69) is 9.97 Å². The van der Waals surface area contributed by atoms with Gasteiger partial charge in [-0.15, -0.1) is 0 Å². The fourth-order valence-corrected chi connectivity index (χ4v) is 1.66. The zero-order chi connectivity index (χ0) is 8.84. The van der Waals surface area contributed by atoms with Crippen molar-refractivity contribution in [2.24, 2.45) is 7.05 Å². The number of pyridine rings is 1. The van der Waals surface area contributed by atoms with Gasteiger partial charge in [-0.1, -0.05) is 0 Å². The third-order valence-electron chi connectivity index (χ3n) is 2.26. The van der Waals surface area contributed by atoms with E-state index >= 15 is 0 Å². The van der Waals surface area contributed by atoms with Crippen molar-refractivity contribution in [2.75, 3.05) is 0 Å². The lowest BCUT2D eigenvalue weighted by Gasteiger charge is -1.90. The second-order valence-corrected chi connectivity index (χ2v) is 3.00. The molecule has 0 aliphatic carbocycles. The average molecular weight is 172 g/mol. The molecule has 3 aromatic rings. The molecule has 0 aliphatic rings. The van der Waals surface area contributed by atoms with Crippen LogP contribution in [0.4, 0.5) is 0 Å².